The fourth-order valence-electron chi connectivity index (χ4n) is 3.22. The number of rotatable bonds is 3. The first-order chi connectivity index (χ1) is 10.8. The van der Waals surface area contributed by atoms with Gasteiger partial charge in [0.2, 0.25) is 0 Å². The number of hydrogen-bond acceptors (Lipinski definition) is 4. The number of H-pyrrole nitrogens is 1. The smallest absolute Gasteiger partial charge is 0.155 e. The Morgan fingerprint density at radius 2 is 2.14 bits per heavy atom. The van der Waals surface area contributed by atoms with Crippen molar-refractivity contribution in [2.24, 2.45) is 0 Å². The second kappa shape index (κ2) is 5.53. The van der Waals surface area contributed by atoms with Crippen molar-refractivity contribution in [1.82, 2.24) is 29.7 Å². The number of aromatic nitrogens is 5. The summed E-state index contributed by atoms with van der Waals surface area (Å²) >= 11 is 0. The minimum atomic E-state index is 0.557. The zero-order valence-corrected chi connectivity index (χ0v) is 12.7. The quantitative estimate of drug-likeness (QED) is 0.804. The van der Waals surface area contributed by atoms with Gasteiger partial charge in [-0.25, -0.2) is 9.50 Å². The molecule has 4 heterocycles. The van der Waals surface area contributed by atoms with Crippen LogP contribution in [0.5, 0.6) is 0 Å². The molecule has 1 aliphatic heterocycles. The van der Waals surface area contributed by atoms with E-state index in [0.29, 0.717) is 5.92 Å². The van der Waals surface area contributed by atoms with Crippen molar-refractivity contribution < 1.29 is 0 Å². The molecule has 0 atom stereocenters. The molecule has 22 heavy (non-hydrogen) atoms. The van der Waals surface area contributed by atoms with E-state index in [-0.39, 0.29) is 0 Å². The molecule has 0 aromatic carbocycles. The van der Waals surface area contributed by atoms with Gasteiger partial charge in [0, 0.05) is 41.7 Å². The molecule has 4 rings (SSSR count). The monoisotopic (exact) mass is 296 g/mol. The molecule has 1 N–H and O–H groups in total. The van der Waals surface area contributed by atoms with E-state index < -0.39 is 0 Å². The molecule has 3 aromatic heterocycles. The molecule has 0 amide bonds. The molecule has 6 nitrogen and oxygen atoms in total. The topological polar surface area (TPSA) is 62.1 Å². The summed E-state index contributed by atoms with van der Waals surface area (Å²) < 4.78 is 1.82. The third kappa shape index (κ3) is 2.50. The number of hydrogen-bond donors (Lipinski definition) is 1. The van der Waals surface area contributed by atoms with Crippen LogP contribution in [0.3, 0.4) is 0 Å². The average molecular weight is 296 g/mol. The zero-order chi connectivity index (χ0) is 14.9. The van der Waals surface area contributed by atoms with E-state index in [4.69, 9.17) is 4.98 Å². The number of piperidine rings is 1. The van der Waals surface area contributed by atoms with Gasteiger partial charge >= 0.3 is 0 Å². The first-order valence-corrected chi connectivity index (χ1v) is 7.81. The normalized spacial score (nSPS) is 17.3. The lowest BCUT2D eigenvalue weighted by molar-refractivity contribution is 0.203. The van der Waals surface area contributed by atoms with E-state index in [2.05, 4.69) is 33.2 Å². The van der Waals surface area contributed by atoms with Crippen molar-refractivity contribution in [2.45, 2.75) is 32.2 Å². The predicted molar refractivity (Wildman–Crippen MR) is 83.6 cm³/mol. The Balaban J connectivity index is 1.41. The molecular formula is C16H20N6. The predicted octanol–water partition coefficient (Wildman–Crippen LogP) is 2.14. The van der Waals surface area contributed by atoms with E-state index in [1.807, 2.05) is 23.0 Å². The second-order valence-corrected chi connectivity index (χ2v) is 6.06. The molecule has 1 aliphatic rings. The molecule has 1 saturated heterocycles. The summed E-state index contributed by atoms with van der Waals surface area (Å²) in [6.45, 7) is 5.30. The van der Waals surface area contributed by atoms with Gasteiger partial charge in [-0.3, -0.25) is 10.00 Å². The lowest BCUT2D eigenvalue weighted by Crippen LogP contribution is -2.32. The van der Waals surface area contributed by atoms with Crippen molar-refractivity contribution in [3.8, 4) is 0 Å². The lowest BCUT2D eigenvalue weighted by Gasteiger charge is -2.31. The van der Waals surface area contributed by atoms with E-state index >= 15 is 0 Å². The van der Waals surface area contributed by atoms with Crippen LogP contribution < -0.4 is 0 Å². The highest BCUT2D eigenvalue weighted by Gasteiger charge is 2.22. The van der Waals surface area contributed by atoms with Crippen LogP contribution in [0.4, 0.5) is 0 Å². The van der Waals surface area contributed by atoms with Crippen LogP contribution in [0.25, 0.3) is 5.65 Å². The van der Waals surface area contributed by atoms with Crippen molar-refractivity contribution in [2.75, 3.05) is 13.1 Å². The third-order valence-corrected chi connectivity index (χ3v) is 4.61. The van der Waals surface area contributed by atoms with Crippen molar-refractivity contribution in [1.29, 1.82) is 0 Å². The fourth-order valence-corrected chi connectivity index (χ4v) is 3.22. The van der Waals surface area contributed by atoms with Gasteiger partial charge in [-0.2, -0.15) is 10.2 Å². The van der Waals surface area contributed by atoms with Gasteiger partial charge < -0.3 is 0 Å². The first kappa shape index (κ1) is 13.5. The lowest BCUT2D eigenvalue weighted by atomic mass is 9.93. The molecule has 3 aromatic rings. The van der Waals surface area contributed by atoms with E-state index in [1.165, 1.54) is 17.0 Å². The minimum absolute atomic E-state index is 0.557. The van der Waals surface area contributed by atoms with E-state index in [0.717, 1.165) is 38.1 Å². The van der Waals surface area contributed by atoms with Crippen molar-refractivity contribution >= 4 is 5.65 Å². The molecule has 0 radical (unpaired) electrons. The molecule has 1 fully saturated rings. The van der Waals surface area contributed by atoms with Gasteiger partial charge in [-0.1, -0.05) is 0 Å². The van der Waals surface area contributed by atoms with Gasteiger partial charge in [-0.05, 0) is 38.9 Å². The van der Waals surface area contributed by atoms with Crippen LogP contribution in [-0.4, -0.2) is 42.8 Å². The summed E-state index contributed by atoms with van der Waals surface area (Å²) in [6, 6.07) is 4.07. The Labute approximate surface area is 129 Å². The number of fused-ring (bicyclic) bond motifs is 1. The van der Waals surface area contributed by atoms with Crippen molar-refractivity contribution in [3.05, 3.63) is 47.7 Å². The van der Waals surface area contributed by atoms with E-state index in [1.54, 1.807) is 6.20 Å². The summed E-state index contributed by atoms with van der Waals surface area (Å²) in [5.41, 5.74) is 4.62. The maximum atomic E-state index is 4.74. The van der Waals surface area contributed by atoms with Gasteiger partial charge in [0.1, 0.15) is 0 Å². The van der Waals surface area contributed by atoms with Crippen LogP contribution in [0.15, 0.2) is 30.7 Å². The number of nitrogens with zero attached hydrogens (tertiary/aromatic N) is 5. The Bertz CT molecular complexity index is 766. The van der Waals surface area contributed by atoms with Gasteiger partial charge in [0.05, 0.1) is 12.4 Å². The molecule has 0 spiro atoms. The molecule has 6 heteroatoms. The summed E-state index contributed by atoms with van der Waals surface area (Å²) in [6.07, 6.45) is 8.07. The maximum absolute atomic E-state index is 4.74. The molecule has 114 valence electrons. The Kier molecular flexibility index (Phi) is 3.38. The Morgan fingerprint density at radius 1 is 1.27 bits per heavy atom. The summed E-state index contributed by atoms with van der Waals surface area (Å²) in [7, 11) is 0. The summed E-state index contributed by atoms with van der Waals surface area (Å²) in [5, 5.41) is 11.3. The summed E-state index contributed by atoms with van der Waals surface area (Å²) in [5.74, 6) is 0.557. The number of nitrogens with one attached hydrogen (secondary N) is 1. The molecule has 0 saturated carbocycles. The van der Waals surface area contributed by atoms with Crippen LogP contribution in [-0.2, 0) is 6.54 Å². The maximum Gasteiger partial charge on any atom is 0.155 e. The molecule has 0 aliphatic carbocycles. The molecule has 0 unspecified atom stereocenters. The van der Waals surface area contributed by atoms with Gasteiger partial charge in [0.25, 0.3) is 0 Å². The average Bonchev–Trinajstić information content (AvgIpc) is 3.17. The van der Waals surface area contributed by atoms with E-state index in [9.17, 15) is 0 Å². The highest BCUT2D eigenvalue weighted by Crippen LogP contribution is 2.27. The zero-order valence-electron chi connectivity index (χ0n) is 12.7. The molecular weight excluding hydrogens is 276 g/mol. The molecule has 0 bridgehead atoms. The summed E-state index contributed by atoms with van der Waals surface area (Å²) in [4.78, 5) is 7.25. The largest absolute Gasteiger partial charge is 0.299 e. The van der Waals surface area contributed by atoms with Crippen molar-refractivity contribution in [3.63, 3.8) is 0 Å². The Hall–Kier alpha value is -2.21. The minimum Gasteiger partial charge on any atom is -0.299 e. The standard InChI is InChI=1S/C16H20N6/c1-12-14(10-17-20-12)11-21-7-3-13(4-8-21)15-5-9-22-16(19-15)2-6-18-22/h2,5-6,9-10,13H,3-4,7-8,11H2,1H3,(H,17,20). The Morgan fingerprint density at radius 3 is 2.91 bits per heavy atom. The van der Waals surface area contributed by atoms with Gasteiger partial charge in [-0.15, -0.1) is 0 Å². The van der Waals surface area contributed by atoms with Crippen LogP contribution in [0, 0.1) is 6.92 Å². The number of aromatic amines is 1. The first-order valence-electron chi connectivity index (χ1n) is 7.81. The van der Waals surface area contributed by atoms with Crippen LogP contribution in [0.1, 0.15) is 35.7 Å². The highest BCUT2D eigenvalue weighted by atomic mass is 15.2. The number of likely N-dealkylation sites (tertiary alicyclic amines) is 1. The second-order valence-electron chi connectivity index (χ2n) is 6.06. The highest BCUT2D eigenvalue weighted by molar-refractivity contribution is 5.37. The number of aryl methyl sites for hydroxylation is 1. The van der Waals surface area contributed by atoms with Crippen LogP contribution in [0.2, 0.25) is 0 Å². The third-order valence-electron chi connectivity index (χ3n) is 4.61. The SMILES string of the molecule is Cc1[nH]ncc1CN1CCC(c2ccn3nccc3n2)CC1. The fraction of sp³-hybridized carbons (Fsp3) is 0.438. The van der Waals surface area contributed by atoms with Gasteiger partial charge in [0.15, 0.2) is 5.65 Å². The van der Waals surface area contributed by atoms with Crippen LogP contribution >= 0.6 is 0 Å².